The van der Waals surface area contributed by atoms with Crippen LogP contribution in [0.3, 0.4) is 0 Å². The average molecular weight is 251 g/mol. The number of rotatable bonds is 3. The summed E-state index contributed by atoms with van der Waals surface area (Å²) in [5.41, 5.74) is 0.509. The van der Waals surface area contributed by atoms with Gasteiger partial charge in [-0.25, -0.2) is 0 Å². The summed E-state index contributed by atoms with van der Waals surface area (Å²) in [7, 11) is 1.92. The molecule has 1 saturated heterocycles. The second kappa shape index (κ2) is 4.72. The van der Waals surface area contributed by atoms with Crippen molar-refractivity contribution in [1.29, 1.82) is 0 Å². The van der Waals surface area contributed by atoms with Crippen LogP contribution in [-0.2, 0) is 11.8 Å². The Hall–Kier alpha value is -1.36. The molecule has 100 valence electrons. The van der Waals surface area contributed by atoms with Crippen LogP contribution < -0.4 is 0 Å². The van der Waals surface area contributed by atoms with Gasteiger partial charge in [0.05, 0.1) is 11.1 Å². The summed E-state index contributed by atoms with van der Waals surface area (Å²) in [6, 6.07) is 2.20. The minimum absolute atomic E-state index is 0.205. The van der Waals surface area contributed by atoms with Crippen LogP contribution in [0.5, 0.6) is 0 Å². The molecule has 1 aliphatic rings. The number of likely N-dealkylation sites (tertiary alicyclic amines) is 1. The van der Waals surface area contributed by atoms with E-state index in [0.717, 1.165) is 25.1 Å². The lowest BCUT2D eigenvalue weighted by atomic mass is 9.81. The van der Waals surface area contributed by atoms with Crippen molar-refractivity contribution in [1.82, 2.24) is 14.7 Å². The lowest BCUT2D eigenvalue weighted by Gasteiger charge is -2.40. The highest BCUT2D eigenvalue weighted by atomic mass is 16.4. The molecule has 0 spiro atoms. The topological polar surface area (TPSA) is 58.4 Å². The largest absolute Gasteiger partial charge is 0.481 e. The van der Waals surface area contributed by atoms with E-state index in [1.54, 1.807) is 6.20 Å². The highest BCUT2D eigenvalue weighted by Crippen LogP contribution is 2.34. The Morgan fingerprint density at radius 2 is 2.33 bits per heavy atom. The maximum Gasteiger partial charge on any atom is 0.310 e. The van der Waals surface area contributed by atoms with Gasteiger partial charge in [-0.15, -0.1) is 0 Å². The lowest BCUT2D eigenvalue weighted by molar-refractivity contribution is -0.151. The highest BCUT2D eigenvalue weighted by Gasteiger charge is 2.39. The lowest BCUT2D eigenvalue weighted by Crippen LogP contribution is -2.47. The maximum atomic E-state index is 11.4. The molecule has 5 heteroatoms. The van der Waals surface area contributed by atoms with Gasteiger partial charge in [-0.1, -0.05) is 0 Å². The Morgan fingerprint density at radius 3 is 2.89 bits per heavy atom. The first-order valence-electron chi connectivity index (χ1n) is 6.39. The molecule has 0 amide bonds. The van der Waals surface area contributed by atoms with E-state index in [4.69, 9.17) is 0 Å². The molecule has 1 fully saturated rings. The van der Waals surface area contributed by atoms with Crippen molar-refractivity contribution in [3.63, 3.8) is 0 Å². The fourth-order valence-corrected chi connectivity index (χ4v) is 2.76. The van der Waals surface area contributed by atoms with Gasteiger partial charge in [0, 0.05) is 25.8 Å². The van der Waals surface area contributed by atoms with Crippen LogP contribution in [0, 0.1) is 5.41 Å². The minimum atomic E-state index is -0.690. The Bertz CT molecular complexity index is 443. The van der Waals surface area contributed by atoms with Crippen molar-refractivity contribution in [2.45, 2.75) is 32.7 Å². The maximum absolute atomic E-state index is 11.4. The third-order valence-corrected chi connectivity index (χ3v) is 4.08. The molecule has 1 aromatic heterocycles. The molecule has 5 nitrogen and oxygen atoms in total. The molecule has 0 bridgehead atoms. The van der Waals surface area contributed by atoms with Crippen LogP contribution in [0.1, 0.15) is 38.4 Å². The molecule has 2 heterocycles. The summed E-state index contributed by atoms with van der Waals surface area (Å²) in [4.78, 5) is 13.6. The van der Waals surface area contributed by atoms with E-state index in [-0.39, 0.29) is 6.04 Å². The summed E-state index contributed by atoms with van der Waals surface area (Å²) in [5.74, 6) is -0.690. The van der Waals surface area contributed by atoms with E-state index < -0.39 is 11.4 Å². The van der Waals surface area contributed by atoms with Gasteiger partial charge < -0.3 is 5.11 Å². The smallest absolute Gasteiger partial charge is 0.310 e. The Morgan fingerprint density at radius 1 is 1.61 bits per heavy atom. The van der Waals surface area contributed by atoms with Crippen LogP contribution >= 0.6 is 0 Å². The van der Waals surface area contributed by atoms with Gasteiger partial charge in [-0.05, 0) is 39.3 Å². The number of nitrogens with zero attached hydrogens (tertiary/aromatic N) is 3. The molecule has 2 unspecified atom stereocenters. The monoisotopic (exact) mass is 251 g/mol. The number of hydrogen-bond donors (Lipinski definition) is 1. The minimum Gasteiger partial charge on any atom is -0.481 e. The van der Waals surface area contributed by atoms with Crippen molar-refractivity contribution in [3.8, 4) is 0 Å². The number of hydrogen-bond acceptors (Lipinski definition) is 3. The van der Waals surface area contributed by atoms with E-state index in [9.17, 15) is 9.90 Å². The predicted octanol–water partition coefficient (Wildman–Crippen LogP) is 1.67. The first-order valence-corrected chi connectivity index (χ1v) is 6.39. The number of aliphatic carboxylic acids is 1. The molecule has 0 radical (unpaired) electrons. The normalized spacial score (nSPS) is 27.1. The van der Waals surface area contributed by atoms with E-state index in [0.29, 0.717) is 6.54 Å². The first-order chi connectivity index (χ1) is 8.44. The number of carboxylic acid groups (broad SMARTS) is 1. The van der Waals surface area contributed by atoms with Gasteiger partial charge in [0.15, 0.2) is 0 Å². The molecule has 2 atom stereocenters. The number of piperidine rings is 1. The first kappa shape index (κ1) is 13.1. The van der Waals surface area contributed by atoms with Crippen molar-refractivity contribution in [2.75, 3.05) is 13.1 Å². The molecule has 0 aliphatic carbocycles. The van der Waals surface area contributed by atoms with Crippen LogP contribution in [0.4, 0.5) is 0 Å². The number of carbonyl (C=O) groups is 1. The van der Waals surface area contributed by atoms with E-state index >= 15 is 0 Å². The van der Waals surface area contributed by atoms with Gasteiger partial charge in [0.25, 0.3) is 0 Å². The van der Waals surface area contributed by atoms with E-state index in [1.807, 2.05) is 24.7 Å². The second-order valence-electron chi connectivity index (χ2n) is 5.50. The highest BCUT2D eigenvalue weighted by molar-refractivity contribution is 5.74. The van der Waals surface area contributed by atoms with Gasteiger partial charge in [0.2, 0.25) is 0 Å². The summed E-state index contributed by atoms with van der Waals surface area (Å²) >= 11 is 0. The van der Waals surface area contributed by atoms with Crippen LogP contribution in [0.15, 0.2) is 12.3 Å². The third-order valence-electron chi connectivity index (χ3n) is 4.08. The van der Waals surface area contributed by atoms with Crippen LogP contribution in [0.25, 0.3) is 0 Å². The standard InChI is InChI=1S/C13H21N3O2/c1-10(11-5-7-14-15(11)3)16-8-4-6-13(2,9-16)12(17)18/h5,7,10H,4,6,8-9H2,1-3H3,(H,17,18). The predicted molar refractivity (Wildman–Crippen MR) is 68.2 cm³/mol. The molecular weight excluding hydrogens is 230 g/mol. The van der Waals surface area contributed by atoms with Crippen molar-refractivity contribution >= 4 is 5.97 Å². The number of aryl methyl sites for hydroxylation is 1. The second-order valence-corrected chi connectivity index (χ2v) is 5.50. The quantitative estimate of drug-likeness (QED) is 0.887. The summed E-state index contributed by atoms with van der Waals surface area (Å²) in [6.45, 7) is 5.52. The Balaban J connectivity index is 2.14. The van der Waals surface area contributed by atoms with Gasteiger partial charge in [-0.3, -0.25) is 14.4 Å². The SMILES string of the molecule is CC(c1ccnn1C)N1CCCC(C)(C(=O)O)C1. The Labute approximate surface area is 107 Å². The van der Waals surface area contributed by atoms with Crippen molar-refractivity contribution in [3.05, 3.63) is 18.0 Å². The van der Waals surface area contributed by atoms with Gasteiger partial charge >= 0.3 is 5.97 Å². The van der Waals surface area contributed by atoms with Gasteiger partial charge in [-0.2, -0.15) is 5.10 Å². The molecule has 0 saturated carbocycles. The summed E-state index contributed by atoms with van der Waals surface area (Å²) in [6.07, 6.45) is 3.48. The zero-order chi connectivity index (χ0) is 13.3. The van der Waals surface area contributed by atoms with Crippen LogP contribution in [-0.4, -0.2) is 38.8 Å². The molecule has 0 aromatic carbocycles. The summed E-state index contributed by atoms with van der Waals surface area (Å²) in [5, 5.41) is 13.5. The fourth-order valence-electron chi connectivity index (χ4n) is 2.76. The molecular formula is C13H21N3O2. The Kier molecular flexibility index (Phi) is 3.43. The van der Waals surface area contributed by atoms with Crippen molar-refractivity contribution < 1.29 is 9.90 Å². The molecule has 2 rings (SSSR count). The molecule has 18 heavy (non-hydrogen) atoms. The molecule has 1 aliphatic heterocycles. The third kappa shape index (κ3) is 2.27. The average Bonchev–Trinajstić information content (AvgIpc) is 2.74. The van der Waals surface area contributed by atoms with Crippen molar-refractivity contribution in [2.24, 2.45) is 12.5 Å². The van der Waals surface area contributed by atoms with Crippen LogP contribution in [0.2, 0.25) is 0 Å². The van der Waals surface area contributed by atoms with E-state index in [1.165, 1.54) is 0 Å². The van der Waals surface area contributed by atoms with Gasteiger partial charge in [0.1, 0.15) is 0 Å². The fraction of sp³-hybridized carbons (Fsp3) is 0.692. The molecule has 1 N–H and O–H groups in total. The number of carboxylic acids is 1. The zero-order valence-corrected chi connectivity index (χ0v) is 11.3. The molecule has 1 aromatic rings. The zero-order valence-electron chi connectivity index (χ0n) is 11.3. The summed E-state index contributed by atoms with van der Waals surface area (Å²) < 4.78 is 1.86. The number of aromatic nitrogens is 2. The van der Waals surface area contributed by atoms with E-state index in [2.05, 4.69) is 16.9 Å².